The molecule has 2 amide bonds. The summed E-state index contributed by atoms with van der Waals surface area (Å²) >= 11 is 5.77. The molecule has 1 aliphatic heterocycles. The summed E-state index contributed by atoms with van der Waals surface area (Å²) in [5.74, 6) is -1.32. The fourth-order valence-corrected chi connectivity index (χ4v) is 2.38. The standard InChI is InChI=1S/C15H17ClN2O3/c1-2-7-17-8-9-18(15(21)14(17)20)10-13(19)11-3-5-12(16)6-4-11/h3-6H,2,7-10H2,1H3. The van der Waals surface area contributed by atoms with Gasteiger partial charge in [-0.05, 0) is 30.7 Å². The molecule has 0 bridgehead atoms. The predicted octanol–water partition coefficient (Wildman–Crippen LogP) is 1.60. The second kappa shape index (κ2) is 6.72. The molecule has 1 saturated heterocycles. The summed E-state index contributed by atoms with van der Waals surface area (Å²) in [4.78, 5) is 38.9. The lowest BCUT2D eigenvalue weighted by Crippen LogP contribution is -2.55. The van der Waals surface area contributed by atoms with Crippen LogP contribution in [-0.4, -0.2) is 53.6 Å². The van der Waals surface area contributed by atoms with Gasteiger partial charge in [0.1, 0.15) is 0 Å². The van der Waals surface area contributed by atoms with Crippen molar-refractivity contribution in [3.63, 3.8) is 0 Å². The topological polar surface area (TPSA) is 57.7 Å². The van der Waals surface area contributed by atoms with E-state index in [0.717, 1.165) is 6.42 Å². The van der Waals surface area contributed by atoms with E-state index in [4.69, 9.17) is 11.6 Å². The second-order valence-electron chi connectivity index (χ2n) is 4.95. The highest BCUT2D eigenvalue weighted by molar-refractivity contribution is 6.35. The number of nitrogens with zero attached hydrogens (tertiary/aromatic N) is 2. The lowest BCUT2D eigenvalue weighted by Gasteiger charge is -2.33. The van der Waals surface area contributed by atoms with Crippen LogP contribution < -0.4 is 0 Å². The van der Waals surface area contributed by atoms with Gasteiger partial charge in [0.2, 0.25) is 0 Å². The Morgan fingerprint density at radius 3 is 2.29 bits per heavy atom. The Labute approximate surface area is 128 Å². The highest BCUT2D eigenvalue weighted by Crippen LogP contribution is 2.12. The summed E-state index contributed by atoms with van der Waals surface area (Å²) in [6, 6.07) is 6.48. The van der Waals surface area contributed by atoms with Gasteiger partial charge in [0.25, 0.3) is 0 Å². The molecule has 21 heavy (non-hydrogen) atoms. The first-order valence-corrected chi connectivity index (χ1v) is 7.27. The van der Waals surface area contributed by atoms with Crippen molar-refractivity contribution in [3.8, 4) is 0 Å². The summed E-state index contributed by atoms with van der Waals surface area (Å²) in [5.41, 5.74) is 0.482. The van der Waals surface area contributed by atoms with E-state index in [1.54, 1.807) is 24.3 Å². The number of benzene rings is 1. The molecule has 1 fully saturated rings. The minimum Gasteiger partial charge on any atom is -0.333 e. The number of hydrogen-bond acceptors (Lipinski definition) is 3. The highest BCUT2D eigenvalue weighted by Gasteiger charge is 2.32. The average molecular weight is 309 g/mol. The summed E-state index contributed by atoms with van der Waals surface area (Å²) in [6.45, 7) is 3.32. The van der Waals surface area contributed by atoms with Crippen molar-refractivity contribution >= 4 is 29.2 Å². The summed E-state index contributed by atoms with van der Waals surface area (Å²) < 4.78 is 0. The summed E-state index contributed by atoms with van der Waals surface area (Å²) in [7, 11) is 0. The molecule has 0 aliphatic carbocycles. The van der Waals surface area contributed by atoms with E-state index < -0.39 is 11.8 Å². The van der Waals surface area contributed by atoms with Crippen LogP contribution in [0.15, 0.2) is 24.3 Å². The minimum atomic E-state index is -0.600. The highest BCUT2D eigenvalue weighted by atomic mass is 35.5. The summed E-state index contributed by atoms with van der Waals surface area (Å²) in [6.07, 6.45) is 0.808. The largest absolute Gasteiger partial charge is 0.333 e. The van der Waals surface area contributed by atoms with Gasteiger partial charge >= 0.3 is 11.8 Å². The third-order valence-electron chi connectivity index (χ3n) is 3.39. The van der Waals surface area contributed by atoms with Crippen molar-refractivity contribution in [1.29, 1.82) is 0 Å². The van der Waals surface area contributed by atoms with E-state index in [9.17, 15) is 14.4 Å². The third-order valence-corrected chi connectivity index (χ3v) is 3.64. The van der Waals surface area contributed by atoms with E-state index in [1.165, 1.54) is 9.80 Å². The Bertz CT molecular complexity index is 557. The molecular formula is C15H17ClN2O3. The fourth-order valence-electron chi connectivity index (χ4n) is 2.25. The number of halogens is 1. The van der Waals surface area contributed by atoms with Crippen LogP contribution in [0.5, 0.6) is 0 Å². The van der Waals surface area contributed by atoms with Crippen molar-refractivity contribution in [2.75, 3.05) is 26.2 Å². The van der Waals surface area contributed by atoms with Gasteiger partial charge in [0.15, 0.2) is 5.78 Å². The SMILES string of the molecule is CCCN1CCN(CC(=O)c2ccc(Cl)cc2)C(=O)C1=O. The Morgan fingerprint density at radius 1 is 1.10 bits per heavy atom. The maximum atomic E-state index is 12.1. The Balaban J connectivity index is 2.00. The van der Waals surface area contributed by atoms with E-state index in [-0.39, 0.29) is 12.3 Å². The number of carbonyl (C=O) groups is 3. The number of piperazine rings is 1. The summed E-state index contributed by atoms with van der Waals surface area (Å²) in [5, 5.41) is 0.547. The number of rotatable bonds is 5. The van der Waals surface area contributed by atoms with Gasteiger partial charge in [-0.3, -0.25) is 14.4 Å². The van der Waals surface area contributed by atoms with Gasteiger partial charge in [-0.15, -0.1) is 0 Å². The molecule has 2 rings (SSSR count). The van der Waals surface area contributed by atoms with Gasteiger partial charge in [-0.1, -0.05) is 18.5 Å². The molecule has 1 heterocycles. The van der Waals surface area contributed by atoms with Gasteiger partial charge in [0, 0.05) is 30.2 Å². The van der Waals surface area contributed by atoms with Crippen LogP contribution in [0, 0.1) is 0 Å². The number of Topliss-reactive ketones (excluding diaryl/α,β-unsaturated/α-hetero) is 1. The first-order valence-electron chi connectivity index (χ1n) is 6.90. The molecule has 5 nitrogen and oxygen atoms in total. The molecule has 1 aliphatic rings. The van der Waals surface area contributed by atoms with Gasteiger partial charge in [-0.2, -0.15) is 0 Å². The molecule has 0 spiro atoms. The van der Waals surface area contributed by atoms with Crippen LogP contribution >= 0.6 is 11.6 Å². The maximum Gasteiger partial charge on any atom is 0.312 e. The second-order valence-corrected chi connectivity index (χ2v) is 5.39. The first-order chi connectivity index (χ1) is 10.0. The fraction of sp³-hybridized carbons (Fsp3) is 0.400. The van der Waals surface area contributed by atoms with Gasteiger partial charge in [0.05, 0.1) is 6.54 Å². The molecular weight excluding hydrogens is 292 g/mol. The predicted molar refractivity (Wildman–Crippen MR) is 79.2 cm³/mol. The molecule has 6 heteroatoms. The molecule has 0 atom stereocenters. The van der Waals surface area contributed by atoms with E-state index in [0.29, 0.717) is 30.2 Å². The van der Waals surface area contributed by atoms with Crippen LogP contribution in [0.25, 0.3) is 0 Å². The average Bonchev–Trinajstić information content (AvgIpc) is 2.47. The van der Waals surface area contributed by atoms with Gasteiger partial charge in [-0.25, -0.2) is 0 Å². The van der Waals surface area contributed by atoms with E-state index in [1.807, 2.05) is 6.92 Å². The molecule has 0 N–H and O–H groups in total. The van der Waals surface area contributed by atoms with Crippen LogP contribution in [0.1, 0.15) is 23.7 Å². The van der Waals surface area contributed by atoms with Crippen LogP contribution in [0.4, 0.5) is 0 Å². The Morgan fingerprint density at radius 2 is 1.67 bits per heavy atom. The Hall–Kier alpha value is -1.88. The minimum absolute atomic E-state index is 0.0772. The molecule has 0 radical (unpaired) electrons. The number of hydrogen-bond donors (Lipinski definition) is 0. The zero-order chi connectivity index (χ0) is 15.4. The van der Waals surface area contributed by atoms with Crippen molar-refractivity contribution in [2.24, 2.45) is 0 Å². The van der Waals surface area contributed by atoms with Crippen molar-refractivity contribution in [1.82, 2.24) is 9.80 Å². The number of ketones is 1. The van der Waals surface area contributed by atoms with Crippen molar-refractivity contribution in [3.05, 3.63) is 34.9 Å². The zero-order valence-electron chi connectivity index (χ0n) is 11.8. The monoisotopic (exact) mass is 308 g/mol. The molecule has 0 unspecified atom stereocenters. The maximum absolute atomic E-state index is 12.1. The molecule has 1 aromatic rings. The number of amides is 2. The molecule has 112 valence electrons. The zero-order valence-corrected chi connectivity index (χ0v) is 12.6. The van der Waals surface area contributed by atoms with Crippen molar-refractivity contribution in [2.45, 2.75) is 13.3 Å². The van der Waals surface area contributed by atoms with E-state index in [2.05, 4.69) is 0 Å². The normalized spacial score (nSPS) is 15.5. The third kappa shape index (κ3) is 3.61. The van der Waals surface area contributed by atoms with Crippen LogP contribution in [0.3, 0.4) is 0 Å². The van der Waals surface area contributed by atoms with E-state index >= 15 is 0 Å². The molecule has 1 aromatic carbocycles. The van der Waals surface area contributed by atoms with Crippen LogP contribution in [0.2, 0.25) is 5.02 Å². The lowest BCUT2D eigenvalue weighted by molar-refractivity contribution is -0.155. The lowest BCUT2D eigenvalue weighted by atomic mass is 10.1. The molecule has 0 aromatic heterocycles. The quantitative estimate of drug-likeness (QED) is 0.613. The van der Waals surface area contributed by atoms with Crippen molar-refractivity contribution < 1.29 is 14.4 Å². The molecule has 0 saturated carbocycles. The number of carbonyl (C=O) groups excluding carboxylic acids is 3. The van der Waals surface area contributed by atoms with Gasteiger partial charge < -0.3 is 9.80 Å². The van der Waals surface area contributed by atoms with Crippen LogP contribution in [-0.2, 0) is 9.59 Å². The Kier molecular flexibility index (Phi) is 4.96. The first kappa shape index (κ1) is 15.5. The smallest absolute Gasteiger partial charge is 0.312 e.